The van der Waals surface area contributed by atoms with Crippen LogP contribution in [0.3, 0.4) is 0 Å². The second kappa shape index (κ2) is 9.74. The summed E-state index contributed by atoms with van der Waals surface area (Å²) in [5, 5.41) is 10.8. The van der Waals surface area contributed by atoms with Crippen LogP contribution in [0.2, 0.25) is 0 Å². The molecule has 12 heteroatoms. The number of phenols is 1. The fraction of sp³-hybridized carbons (Fsp3) is 0.360. The van der Waals surface area contributed by atoms with Gasteiger partial charge in [0, 0.05) is 0 Å². The summed E-state index contributed by atoms with van der Waals surface area (Å²) in [6.07, 6.45) is 4.63. The summed E-state index contributed by atoms with van der Waals surface area (Å²) in [6, 6.07) is 4.80. The third-order valence-corrected chi connectivity index (χ3v) is 7.52. The third kappa shape index (κ3) is 4.95. The lowest BCUT2D eigenvalue weighted by molar-refractivity contribution is 0.235. The summed E-state index contributed by atoms with van der Waals surface area (Å²) in [6.45, 7) is 4.35. The van der Waals surface area contributed by atoms with Crippen LogP contribution in [0.5, 0.6) is 11.5 Å². The van der Waals surface area contributed by atoms with Crippen molar-refractivity contribution in [2.45, 2.75) is 26.7 Å². The molecule has 11 nitrogen and oxygen atoms in total. The predicted octanol–water partition coefficient (Wildman–Crippen LogP) is 3.42. The Labute approximate surface area is 214 Å². The lowest BCUT2D eigenvalue weighted by Crippen LogP contribution is -2.31. The largest absolute Gasteiger partial charge is 0.506 e. The molecule has 0 atom stereocenters. The maximum atomic E-state index is 12.8. The van der Waals surface area contributed by atoms with Gasteiger partial charge in [-0.15, -0.1) is 0 Å². The van der Waals surface area contributed by atoms with Crippen molar-refractivity contribution in [3.05, 3.63) is 47.8 Å². The van der Waals surface area contributed by atoms with Crippen LogP contribution in [0, 0.1) is 11.8 Å². The van der Waals surface area contributed by atoms with E-state index in [0.29, 0.717) is 24.2 Å². The lowest BCUT2D eigenvalue weighted by Gasteiger charge is -2.32. The average molecular weight is 523 g/mol. The molecule has 3 heterocycles. The van der Waals surface area contributed by atoms with Crippen molar-refractivity contribution in [2.75, 3.05) is 24.2 Å². The van der Waals surface area contributed by atoms with E-state index < -0.39 is 10.0 Å². The molecule has 0 amide bonds. The van der Waals surface area contributed by atoms with E-state index in [1.54, 1.807) is 18.2 Å². The molecule has 5 rings (SSSR count). The second-order valence-electron chi connectivity index (χ2n) is 8.97. The van der Waals surface area contributed by atoms with Gasteiger partial charge in [0.15, 0.2) is 28.6 Å². The summed E-state index contributed by atoms with van der Waals surface area (Å²) < 4.78 is 40.6. The quantitative estimate of drug-likeness (QED) is 0.429. The molecule has 1 aliphatic heterocycles. The van der Waals surface area contributed by atoms with Crippen LogP contribution >= 0.6 is 0 Å². The van der Waals surface area contributed by atoms with Gasteiger partial charge < -0.3 is 14.6 Å². The van der Waals surface area contributed by atoms with E-state index >= 15 is 0 Å². The summed E-state index contributed by atoms with van der Waals surface area (Å²) in [4.78, 5) is 17.9. The minimum absolute atomic E-state index is 0.0216. The first-order chi connectivity index (χ1) is 17.8. The number of rotatable bonds is 8. The molecule has 192 valence electrons. The van der Waals surface area contributed by atoms with E-state index in [2.05, 4.69) is 43.1 Å². The number of benzene rings is 1. The molecule has 1 aliphatic carbocycles. The Balaban J connectivity index is 1.65. The summed E-state index contributed by atoms with van der Waals surface area (Å²) in [5.41, 5.74) is 6.66. The molecular weight excluding hydrogens is 496 g/mol. The van der Waals surface area contributed by atoms with Gasteiger partial charge in [0.05, 0.1) is 31.7 Å². The molecule has 2 aliphatic rings. The van der Waals surface area contributed by atoms with E-state index in [9.17, 15) is 13.5 Å². The smallest absolute Gasteiger partial charge is 0.234 e. The number of hydrogen-bond acceptors (Lipinski definition) is 9. The van der Waals surface area contributed by atoms with Crippen LogP contribution in [0.1, 0.15) is 32.5 Å². The van der Waals surface area contributed by atoms with Crippen LogP contribution < -0.4 is 9.46 Å². The van der Waals surface area contributed by atoms with Crippen molar-refractivity contribution < 1.29 is 23.0 Å². The van der Waals surface area contributed by atoms with Gasteiger partial charge in [-0.25, -0.2) is 28.4 Å². The Morgan fingerprint density at radius 3 is 2.81 bits per heavy atom. The topological polar surface area (TPSA) is 141 Å². The standard InChI is InChI=1S/C25H26N6O5S/c1-4-36-21-10-5-7-17(27-21)24-29-23-25(31(24)22-18(32)8-6-9-19(22)35-3)28-20(13-26-23)30-37(33,34)14-16-11-15(2)12-16/h6,8-10,13,15-16,32H,4,11-12,14H2,1-3H3,(H,28,30)/t15-,16+. The van der Waals surface area contributed by atoms with Gasteiger partial charge >= 0.3 is 0 Å². The normalized spacial score (nSPS) is 18.8. The van der Waals surface area contributed by atoms with E-state index in [1.807, 2.05) is 6.92 Å². The van der Waals surface area contributed by atoms with Gasteiger partial charge in [-0.1, -0.05) is 18.7 Å². The fourth-order valence-corrected chi connectivity index (χ4v) is 5.95. The number of nitrogens with one attached hydrogen (secondary N) is 1. The molecule has 0 unspecified atom stereocenters. The average Bonchev–Trinajstić information content (AvgIpc) is 3.21. The number of anilines is 1. The summed E-state index contributed by atoms with van der Waals surface area (Å²) in [5.74, 6) is 1.50. The predicted molar refractivity (Wildman–Crippen MR) is 138 cm³/mol. The molecule has 1 fully saturated rings. The molecule has 0 bridgehead atoms. The number of aromatic nitrogens is 4. The Morgan fingerprint density at radius 2 is 2.08 bits per heavy atom. The molecule has 1 aromatic carbocycles. The van der Waals surface area contributed by atoms with Gasteiger partial charge in [-0.3, -0.25) is 9.29 Å². The molecule has 0 radical (unpaired) electrons. The molecule has 2 aromatic heterocycles. The van der Waals surface area contributed by atoms with Gasteiger partial charge in [-0.05, 0) is 49.5 Å². The number of methoxy groups -OCH3 is 1. The Morgan fingerprint density at radius 1 is 1.27 bits per heavy atom. The number of ether oxygens (including phenoxy) is 2. The summed E-state index contributed by atoms with van der Waals surface area (Å²) in [7, 11) is -2.17. The van der Waals surface area contributed by atoms with Crippen LogP contribution in [0.25, 0.3) is 22.7 Å². The molecule has 0 saturated heterocycles. The van der Waals surface area contributed by atoms with Gasteiger partial charge in [0.2, 0.25) is 15.9 Å². The minimum Gasteiger partial charge on any atom is -0.506 e. The third-order valence-electron chi connectivity index (χ3n) is 6.09. The highest BCUT2D eigenvalue weighted by atomic mass is 32.2. The SMILES string of the molecule is CCOC1=NC(c2nc3ncc(NS(=O)(=O)C[C@H]4C[C@@H](C)C4)nc3n2-c2c(O)cccc2OC)=C=C=C1. The first kappa shape index (κ1) is 24.6. The van der Waals surface area contributed by atoms with Crippen molar-refractivity contribution in [3.63, 3.8) is 0 Å². The number of nitrogens with zero attached hydrogens (tertiary/aromatic N) is 5. The van der Waals surface area contributed by atoms with Gasteiger partial charge in [0.25, 0.3) is 0 Å². The number of aromatic hydroxyl groups is 1. The number of imidazole rings is 1. The van der Waals surface area contributed by atoms with Crippen molar-refractivity contribution in [1.82, 2.24) is 19.5 Å². The number of aliphatic imine (C=N–C) groups is 1. The van der Waals surface area contributed by atoms with Crippen LogP contribution in [-0.4, -0.2) is 58.4 Å². The highest BCUT2D eigenvalue weighted by molar-refractivity contribution is 7.92. The van der Waals surface area contributed by atoms with E-state index in [-0.39, 0.29) is 51.7 Å². The first-order valence-electron chi connectivity index (χ1n) is 11.8. The minimum atomic E-state index is -3.64. The first-order valence-corrected chi connectivity index (χ1v) is 13.5. The Kier molecular flexibility index (Phi) is 6.47. The molecule has 1 saturated carbocycles. The van der Waals surface area contributed by atoms with Crippen molar-refractivity contribution in [3.8, 4) is 17.2 Å². The second-order valence-corrected chi connectivity index (χ2v) is 10.7. The molecule has 37 heavy (non-hydrogen) atoms. The summed E-state index contributed by atoms with van der Waals surface area (Å²) >= 11 is 0. The highest BCUT2D eigenvalue weighted by Crippen LogP contribution is 2.37. The van der Waals surface area contributed by atoms with Crippen molar-refractivity contribution >= 4 is 38.7 Å². The maximum absolute atomic E-state index is 12.8. The van der Waals surface area contributed by atoms with Crippen LogP contribution in [-0.2, 0) is 14.8 Å². The number of hydrogen-bond donors (Lipinski definition) is 2. The zero-order chi connectivity index (χ0) is 26.2. The molecular formula is C25H26N6O5S. The van der Waals surface area contributed by atoms with Crippen LogP contribution in [0.15, 0.2) is 46.9 Å². The fourth-order valence-electron chi connectivity index (χ4n) is 4.55. The highest BCUT2D eigenvalue weighted by Gasteiger charge is 2.30. The zero-order valence-electron chi connectivity index (χ0n) is 20.6. The lowest BCUT2D eigenvalue weighted by atomic mass is 9.77. The van der Waals surface area contributed by atoms with E-state index in [0.717, 1.165) is 12.8 Å². The monoisotopic (exact) mass is 522 g/mol. The van der Waals surface area contributed by atoms with Crippen molar-refractivity contribution in [2.24, 2.45) is 16.8 Å². The zero-order valence-corrected chi connectivity index (χ0v) is 21.4. The molecule has 3 aromatic rings. The molecule has 0 spiro atoms. The maximum Gasteiger partial charge on any atom is 0.234 e. The number of para-hydroxylation sites is 1. The van der Waals surface area contributed by atoms with E-state index in [1.165, 1.54) is 23.9 Å². The Hall–Kier alpha value is -4.11. The number of phenolic OH excluding ortho intramolecular Hbond substituents is 1. The van der Waals surface area contributed by atoms with Gasteiger partial charge in [-0.2, -0.15) is 0 Å². The number of sulfonamides is 1. The van der Waals surface area contributed by atoms with Gasteiger partial charge in [0.1, 0.15) is 17.2 Å². The Bertz CT molecular complexity index is 1610. The van der Waals surface area contributed by atoms with E-state index in [4.69, 9.17) is 9.47 Å². The van der Waals surface area contributed by atoms with Crippen molar-refractivity contribution in [1.29, 1.82) is 0 Å². The van der Waals surface area contributed by atoms with Crippen LogP contribution in [0.4, 0.5) is 5.82 Å². The number of fused-ring (bicyclic) bond motifs is 1. The molecule has 2 N–H and O–H groups in total.